The van der Waals surface area contributed by atoms with E-state index in [-0.39, 0.29) is 5.75 Å². The molecule has 7 N–H and O–H groups in total. The summed E-state index contributed by atoms with van der Waals surface area (Å²) in [5.74, 6) is 3.09. The maximum atomic E-state index is 10.2. The van der Waals surface area contributed by atoms with Crippen LogP contribution in [-0.4, -0.2) is 114 Å². The standard InChI is InChI=1S/C15H24O9S2/c1-2-3-25-5-7-9(18)11(20)13(22)15(24-7)26-14-12(21)10(19)8(17)6(4-16)23-14/h1,6-22H,3-5H2/t6-,7-,8+,9-,10+,11+,12-,13-,14+,15+/m1/s1. The zero-order valence-electron chi connectivity index (χ0n) is 13.7. The van der Waals surface area contributed by atoms with Crippen molar-refractivity contribution in [3.8, 4) is 12.3 Å². The maximum absolute atomic E-state index is 10.2. The van der Waals surface area contributed by atoms with Gasteiger partial charge in [0.25, 0.3) is 0 Å². The van der Waals surface area contributed by atoms with E-state index in [1.54, 1.807) is 0 Å². The van der Waals surface area contributed by atoms with Crippen molar-refractivity contribution in [2.24, 2.45) is 0 Å². The first kappa shape index (κ1) is 22.2. The lowest BCUT2D eigenvalue weighted by Crippen LogP contribution is -2.60. The van der Waals surface area contributed by atoms with Crippen LogP contribution in [0.5, 0.6) is 0 Å². The van der Waals surface area contributed by atoms with E-state index < -0.39 is 66.3 Å². The van der Waals surface area contributed by atoms with Crippen LogP contribution in [0.15, 0.2) is 0 Å². The fraction of sp³-hybridized carbons (Fsp3) is 0.867. The Labute approximate surface area is 159 Å². The van der Waals surface area contributed by atoms with E-state index in [2.05, 4.69) is 5.92 Å². The maximum Gasteiger partial charge on any atom is 0.134 e. The summed E-state index contributed by atoms with van der Waals surface area (Å²) in [6, 6.07) is 0. The third-order valence-electron chi connectivity index (χ3n) is 4.25. The molecule has 150 valence electrons. The molecule has 2 aliphatic heterocycles. The highest BCUT2D eigenvalue weighted by molar-refractivity contribution is 8.00. The Balaban J connectivity index is 2.05. The molecule has 0 aromatic rings. The van der Waals surface area contributed by atoms with Crippen LogP contribution < -0.4 is 0 Å². The lowest BCUT2D eigenvalue weighted by atomic mass is 10.0. The van der Waals surface area contributed by atoms with Crippen molar-refractivity contribution in [1.29, 1.82) is 0 Å². The molecule has 2 saturated heterocycles. The average molecular weight is 412 g/mol. The third kappa shape index (κ3) is 4.84. The molecule has 10 atom stereocenters. The number of rotatable bonds is 6. The van der Waals surface area contributed by atoms with Gasteiger partial charge in [-0.15, -0.1) is 18.2 Å². The van der Waals surface area contributed by atoms with E-state index in [4.69, 9.17) is 15.9 Å². The highest BCUT2D eigenvalue weighted by Gasteiger charge is 2.49. The fourth-order valence-corrected chi connectivity index (χ4v) is 4.78. The number of thioether (sulfide) groups is 2. The van der Waals surface area contributed by atoms with Crippen molar-refractivity contribution < 1.29 is 45.2 Å². The molecule has 0 bridgehead atoms. The second kappa shape index (κ2) is 9.90. The van der Waals surface area contributed by atoms with Gasteiger partial charge in [0.05, 0.1) is 18.5 Å². The van der Waals surface area contributed by atoms with Crippen LogP contribution in [0, 0.1) is 12.3 Å². The van der Waals surface area contributed by atoms with Crippen LogP contribution in [0.4, 0.5) is 0 Å². The molecule has 0 aliphatic carbocycles. The number of hydrogen-bond donors (Lipinski definition) is 7. The van der Waals surface area contributed by atoms with Gasteiger partial charge in [0.15, 0.2) is 0 Å². The van der Waals surface area contributed by atoms with Gasteiger partial charge in [0.1, 0.15) is 53.6 Å². The predicted molar refractivity (Wildman–Crippen MR) is 94.2 cm³/mol. The van der Waals surface area contributed by atoms with E-state index in [0.29, 0.717) is 5.75 Å². The first-order valence-corrected chi connectivity index (χ1v) is 10.1. The zero-order valence-corrected chi connectivity index (χ0v) is 15.4. The summed E-state index contributed by atoms with van der Waals surface area (Å²) in [7, 11) is 0. The molecule has 2 heterocycles. The summed E-state index contributed by atoms with van der Waals surface area (Å²) < 4.78 is 11.0. The van der Waals surface area contributed by atoms with Gasteiger partial charge in [-0.2, -0.15) is 0 Å². The highest BCUT2D eigenvalue weighted by atomic mass is 32.2. The third-order valence-corrected chi connectivity index (χ3v) is 6.50. The molecule has 2 rings (SSSR count). The van der Waals surface area contributed by atoms with Crippen LogP contribution in [-0.2, 0) is 9.47 Å². The van der Waals surface area contributed by atoms with Crippen LogP contribution in [0.2, 0.25) is 0 Å². The highest BCUT2D eigenvalue weighted by Crippen LogP contribution is 2.37. The fourth-order valence-electron chi connectivity index (χ4n) is 2.71. The van der Waals surface area contributed by atoms with Crippen molar-refractivity contribution in [1.82, 2.24) is 0 Å². The minimum absolute atomic E-state index is 0.279. The SMILES string of the molecule is C#CCSC[C@H]1O[C@@H](S[C@@H]2O[C@H](CO)[C@H](O)[C@H](O)[C@H]2O)[C@H](O)[C@@H](O)[C@@H]1O. The smallest absolute Gasteiger partial charge is 0.134 e. The lowest BCUT2D eigenvalue weighted by Gasteiger charge is -2.44. The number of aliphatic hydroxyl groups excluding tert-OH is 7. The van der Waals surface area contributed by atoms with Gasteiger partial charge in [-0.1, -0.05) is 17.7 Å². The largest absolute Gasteiger partial charge is 0.394 e. The summed E-state index contributed by atoms with van der Waals surface area (Å²) >= 11 is 2.09. The molecule has 0 aromatic carbocycles. The molecule has 0 spiro atoms. The van der Waals surface area contributed by atoms with Crippen LogP contribution in [0.3, 0.4) is 0 Å². The summed E-state index contributed by atoms with van der Waals surface area (Å²) in [5, 5.41) is 69.2. The van der Waals surface area contributed by atoms with Gasteiger partial charge < -0.3 is 45.2 Å². The van der Waals surface area contributed by atoms with Crippen molar-refractivity contribution in [2.45, 2.75) is 59.7 Å². The van der Waals surface area contributed by atoms with Crippen molar-refractivity contribution >= 4 is 23.5 Å². The number of hydrogen-bond acceptors (Lipinski definition) is 11. The van der Waals surface area contributed by atoms with E-state index >= 15 is 0 Å². The minimum atomic E-state index is -1.56. The molecule has 26 heavy (non-hydrogen) atoms. The summed E-state index contributed by atoms with van der Waals surface area (Å²) in [6.07, 6.45) is -5.58. The van der Waals surface area contributed by atoms with E-state index in [9.17, 15) is 35.7 Å². The molecular weight excluding hydrogens is 388 g/mol. The van der Waals surface area contributed by atoms with Crippen LogP contribution in [0.25, 0.3) is 0 Å². The quantitative estimate of drug-likeness (QED) is 0.173. The zero-order chi connectivity index (χ0) is 19.4. The van der Waals surface area contributed by atoms with E-state index in [1.165, 1.54) is 11.8 Å². The molecule has 2 fully saturated rings. The van der Waals surface area contributed by atoms with Crippen molar-refractivity contribution in [3.05, 3.63) is 0 Å². The second-order valence-corrected chi connectivity index (χ2v) is 8.30. The van der Waals surface area contributed by atoms with Gasteiger partial charge in [0.2, 0.25) is 0 Å². The minimum Gasteiger partial charge on any atom is -0.394 e. The van der Waals surface area contributed by atoms with Gasteiger partial charge in [0, 0.05) is 5.75 Å². The Hall–Kier alpha value is -0.100. The Kier molecular flexibility index (Phi) is 8.45. The molecule has 9 nitrogen and oxygen atoms in total. The number of aliphatic hydroxyl groups is 7. The molecular formula is C15H24O9S2. The first-order chi connectivity index (χ1) is 12.3. The molecule has 2 aliphatic rings. The van der Waals surface area contributed by atoms with Crippen LogP contribution >= 0.6 is 23.5 Å². The monoisotopic (exact) mass is 412 g/mol. The molecule has 11 heteroatoms. The molecule has 0 radical (unpaired) electrons. The van der Waals surface area contributed by atoms with Gasteiger partial charge >= 0.3 is 0 Å². The summed E-state index contributed by atoms with van der Waals surface area (Å²) in [6.45, 7) is -0.581. The molecule has 0 amide bonds. The Bertz CT molecular complexity index is 488. The van der Waals surface area contributed by atoms with Crippen LogP contribution in [0.1, 0.15) is 0 Å². The number of terminal acetylenes is 1. The van der Waals surface area contributed by atoms with E-state index in [1.807, 2.05) is 0 Å². The molecule has 0 unspecified atom stereocenters. The van der Waals surface area contributed by atoms with Gasteiger partial charge in [-0.3, -0.25) is 0 Å². The Morgan fingerprint density at radius 1 is 0.769 bits per heavy atom. The summed E-state index contributed by atoms with van der Waals surface area (Å²) in [5.41, 5.74) is -2.21. The predicted octanol–water partition coefficient (Wildman–Crippen LogP) is -3.31. The topological polar surface area (TPSA) is 160 Å². The molecule has 0 aromatic heterocycles. The van der Waals surface area contributed by atoms with Gasteiger partial charge in [-0.05, 0) is 0 Å². The van der Waals surface area contributed by atoms with Crippen molar-refractivity contribution in [2.75, 3.05) is 18.1 Å². The normalized spacial score (nSPS) is 46.7. The van der Waals surface area contributed by atoms with E-state index in [0.717, 1.165) is 11.8 Å². The Morgan fingerprint density at radius 2 is 1.27 bits per heavy atom. The summed E-state index contributed by atoms with van der Waals surface area (Å²) in [4.78, 5) is 0. The molecule has 0 saturated carbocycles. The first-order valence-electron chi connectivity index (χ1n) is 7.98. The average Bonchev–Trinajstić information content (AvgIpc) is 2.63. The lowest BCUT2D eigenvalue weighted by molar-refractivity contribution is -0.210. The number of ether oxygens (including phenoxy) is 2. The van der Waals surface area contributed by atoms with Crippen molar-refractivity contribution in [3.63, 3.8) is 0 Å². The Morgan fingerprint density at radius 3 is 1.77 bits per heavy atom. The second-order valence-electron chi connectivity index (χ2n) is 6.07. The van der Waals surface area contributed by atoms with Gasteiger partial charge in [-0.25, -0.2) is 0 Å².